The van der Waals surface area contributed by atoms with Gasteiger partial charge in [-0.3, -0.25) is 0 Å². The van der Waals surface area contributed by atoms with Crippen molar-refractivity contribution in [2.45, 2.75) is 4.90 Å². The summed E-state index contributed by atoms with van der Waals surface area (Å²) in [7, 11) is -3.41. The molecule has 0 aliphatic heterocycles. The molecule has 0 atom stereocenters. The van der Waals surface area contributed by atoms with E-state index in [0.717, 1.165) is 5.41 Å². The largest absolute Gasteiger partial charge is 0.384 e. The summed E-state index contributed by atoms with van der Waals surface area (Å²) >= 11 is 0. The predicted molar refractivity (Wildman–Crippen MR) is 57.6 cm³/mol. The SMILES string of the molecule is O=S(=O)(C=CC#CCO)c1ccccc1. The molecule has 1 aromatic rings. The Balaban J connectivity index is 2.91. The van der Waals surface area contributed by atoms with Crippen LogP contribution in [0.25, 0.3) is 0 Å². The van der Waals surface area contributed by atoms with Crippen molar-refractivity contribution >= 4 is 9.84 Å². The van der Waals surface area contributed by atoms with Gasteiger partial charge in [0.25, 0.3) is 0 Å². The number of aliphatic hydroxyl groups is 1. The molecular weight excluding hydrogens is 212 g/mol. The number of aliphatic hydroxyl groups excluding tert-OH is 1. The highest BCUT2D eigenvalue weighted by Crippen LogP contribution is 2.10. The van der Waals surface area contributed by atoms with Gasteiger partial charge in [-0.1, -0.05) is 30.0 Å². The molecule has 0 unspecified atom stereocenters. The lowest BCUT2D eigenvalue weighted by atomic mass is 10.4. The minimum absolute atomic E-state index is 0.229. The molecule has 0 saturated heterocycles. The maximum atomic E-state index is 11.6. The van der Waals surface area contributed by atoms with Crippen LogP contribution in [0.1, 0.15) is 0 Å². The van der Waals surface area contributed by atoms with Gasteiger partial charge in [0.2, 0.25) is 0 Å². The Kier molecular flexibility index (Phi) is 4.10. The van der Waals surface area contributed by atoms with E-state index in [1.54, 1.807) is 18.2 Å². The molecule has 0 aromatic heterocycles. The Morgan fingerprint density at radius 2 is 1.93 bits per heavy atom. The fourth-order valence-electron chi connectivity index (χ4n) is 0.917. The molecule has 0 heterocycles. The van der Waals surface area contributed by atoms with Crippen LogP contribution in [0.5, 0.6) is 0 Å². The molecule has 15 heavy (non-hydrogen) atoms. The van der Waals surface area contributed by atoms with E-state index >= 15 is 0 Å². The number of allylic oxidation sites excluding steroid dienone is 1. The highest BCUT2D eigenvalue weighted by Gasteiger charge is 2.07. The highest BCUT2D eigenvalue weighted by atomic mass is 32.2. The molecular formula is C11H10O3S. The quantitative estimate of drug-likeness (QED) is 0.759. The van der Waals surface area contributed by atoms with Gasteiger partial charge >= 0.3 is 0 Å². The number of hydrogen-bond donors (Lipinski definition) is 1. The summed E-state index contributed by atoms with van der Waals surface area (Å²) < 4.78 is 23.2. The first-order valence-corrected chi connectivity index (χ1v) is 5.77. The normalized spacial score (nSPS) is 11.0. The third-order valence-corrected chi connectivity index (χ3v) is 3.01. The van der Waals surface area contributed by atoms with E-state index in [2.05, 4.69) is 11.8 Å². The summed E-state index contributed by atoms with van der Waals surface area (Å²) in [4.78, 5) is 0.229. The zero-order valence-corrected chi connectivity index (χ0v) is 8.74. The molecule has 0 fully saturated rings. The summed E-state index contributed by atoms with van der Waals surface area (Å²) in [6, 6.07) is 8.08. The fraction of sp³-hybridized carbons (Fsp3) is 0.0909. The number of rotatable bonds is 2. The summed E-state index contributed by atoms with van der Waals surface area (Å²) in [5, 5.41) is 9.37. The average molecular weight is 222 g/mol. The number of hydrogen-bond acceptors (Lipinski definition) is 3. The molecule has 0 saturated carbocycles. The molecule has 1 rings (SSSR count). The van der Waals surface area contributed by atoms with Gasteiger partial charge in [0.15, 0.2) is 9.84 Å². The average Bonchev–Trinajstić information content (AvgIpc) is 2.26. The van der Waals surface area contributed by atoms with Crippen molar-refractivity contribution in [3.05, 3.63) is 41.8 Å². The summed E-state index contributed by atoms with van der Waals surface area (Å²) in [6.45, 7) is -0.282. The standard InChI is InChI=1S/C11H10O3S/c12-9-5-2-6-10-15(13,14)11-7-3-1-4-8-11/h1,3-4,6-8,10,12H,9H2. The minimum atomic E-state index is -3.41. The Hall–Kier alpha value is -1.57. The summed E-state index contributed by atoms with van der Waals surface area (Å²) in [5.41, 5.74) is 0. The first kappa shape index (κ1) is 11.5. The molecule has 3 nitrogen and oxygen atoms in total. The summed E-state index contributed by atoms with van der Waals surface area (Å²) in [5.74, 6) is 4.73. The van der Waals surface area contributed by atoms with Crippen LogP contribution in [0.3, 0.4) is 0 Å². The Morgan fingerprint density at radius 3 is 2.53 bits per heavy atom. The van der Waals surface area contributed by atoms with Crippen LogP contribution >= 0.6 is 0 Å². The van der Waals surface area contributed by atoms with Gasteiger partial charge in [-0.25, -0.2) is 8.42 Å². The predicted octanol–water partition coefficient (Wildman–Crippen LogP) is 0.970. The van der Waals surface area contributed by atoms with Crippen molar-refractivity contribution in [1.82, 2.24) is 0 Å². The Labute approximate surface area is 89.0 Å². The smallest absolute Gasteiger partial charge is 0.200 e. The second kappa shape index (κ2) is 5.35. The monoisotopic (exact) mass is 222 g/mol. The van der Waals surface area contributed by atoms with Crippen LogP contribution < -0.4 is 0 Å². The maximum absolute atomic E-state index is 11.6. The van der Waals surface area contributed by atoms with E-state index < -0.39 is 9.84 Å². The van der Waals surface area contributed by atoms with Gasteiger partial charge in [0, 0.05) is 5.41 Å². The van der Waals surface area contributed by atoms with Crippen LogP contribution in [0.2, 0.25) is 0 Å². The number of sulfone groups is 1. The third kappa shape index (κ3) is 3.58. The van der Waals surface area contributed by atoms with E-state index in [1.165, 1.54) is 18.2 Å². The first-order valence-electron chi connectivity index (χ1n) is 4.23. The fourth-order valence-corrected chi connectivity index (χ4v) is 1.86. The van der Waals surface area contributed by atoms with Crippen LogP contribution in [0.4, 0.5) is 0 Å². The molecule has 1 N–H and O–H groups in total. The van der Waals surface area contributed by atoms with Gasteiger partial charge in [-0.15, -0.1) is 0 Å². The van der Waals surface area contributed by atoms with E-state index in [0.29, 0.717) is 0 Å². The van der Waals surface area contributed by atoms with E-state index in [-0.39, 0.29) is 11.5 Å². The lowest BCUT2D eigenvalue weighted by molar-refractivity contribution is 0.350. The molecule has 0 bridgehead atoms. The zero-order valence-electron chi connectivity index (χ0n) is 7.92. The van der Waals surface area contributed by atoms with Gasteiger partial charge < -0.3 is 5.11 Å². The van der Waals surface area contributed by atoms with Gasteiger partial charge in [-0.05, 0) is 18.2 Å². The van der Waals surface area contributed by atoms with E-state index in [9.17, 15) is 8.42 Å². The Bertz CT molecular complexity index is 490. The molecule has 4 heteroatoms. The second-order valence-corrected chi connectivity index (χ2v) is 4.47. The first-order chi connectivity index (χ1) is 7.17. The maximum Gasteiger partial charge on any atom is 0.200 e. The van der Waals surface area contributed by atoms with Crippen molar-refractivity contribution in [3.8, 4) is 11.8 Å². The molecule has 0 radical (unpaired) electrons. The lowest BCUT2D eigenvalue weighted by Crippen LogP contribution is -1.94. The highest BCUT2D eigenvalue weighted by molar-refractivity contribution is 7.94. The second-order valence-electron chi connectivity index (χ2n) is 2.64. The topological polar surface area (TPSA) is 54.4 Å². The molecule has 0 aliphatic rings. The van der Waals surface area contributed by atoms with Gasteiger partial charge in [0.05, 0.1) is 4.90 Å². The molecule has 78 valence electrons. The molecule has 0 aliphatic carbocycles. The minimum Gasteiger partial charge on any atom is -0.384 e. The zero-order chi connectivity index (χ0) is 11.1. The van der Waals surface area contributed by atoms with E-state index in [4.69, 9.17) is 5.11 Å². The van der Waals surface area contributed by atoms with Crippen LogP contribution in [-0.2, 0) is 9.84 Å². The molecule has 1 aromatic carbocycles. The third-order valence-electron chi connectivity index (χ3n) is 1.58. The molecule has 0 amide bonds. The van der Waals surface area contributed by atoms with Crippen molar-refractivity contribution in [2.75, 3.05) is 6.61 Å². The van der Waals surface area contributed by atoms with E-state index in [1.807, 2.05) is 0 Å². The lowest BCUT2D eigenvalue weighted by Gasteiger charge is -1.95. The number of benzene rings is 1. The summed E-state index contributed by atoms with van der Waals surface area (Å²) in [6.07, 6.45) is 1.21. The van der Waals surface area contributed by atoms with Crippen molar-refractivity contribution < 1.29 is 13.5 Å². The van der Waals surface area contributed by atoms with Crippen LogP contribution in [0, 0.1) is 11.8 Å². The Morgan fingerprint density at radius 1 is 1.27 bits per heavy atom. The molecule has 0 spiro atoms. The van der Waals surface area contributed by atoms with Crippen molar-refractivity contribution in [3.63, 3.8) is 0 Å². The van der Waals surface area contributed by atoms with Gasteiger partial charge in [-0.2, -0.15) is 0 Å². The van der Waals surface area contributed by atoms with Crippen LogP contribution in [0.15, 0.2) is 46.7 Å². The van der Waals surface area contributed by atoms with Crippen LogP contribution in [-0.4, -0.2) is 20.1 Å². The van der Waals surface area contributed by atoms with Gasteiger partial charge in [0.1, 0.15) is 6.61 Å². The van der Waals surface area contributed by atoms with Crippen molar-refractivity contribution in [1.29, 1.82) is 0 Å². The van der Waals surface area contributed by atoms with Crippen molar-refractivity contribution in [2.24, 2.45) is 0 Å².